The first-order valence-corrected chi connectivity index (χ1v) is 12.4. The van der Waals surface area contributed by atoms with Crippen LogP contribution in [0.1, 0.15) is 12.5 Å². The van der Waals surface area contributed by atoms with Gasteiger partial charge in [-0.05, 0) is 54.1 Å². The Hall–Kier alpha value is -3.36. The van der Waals surface area contributed by atoms with Crippen molar-refractivity contribution in [1.29, 1.82) is 0 Å². The van der Waals surface area contributed by atoms with Crippen molar-refractivity contribution in [3.8, 4) is 0 Å². The molecular formula is C25H28N4O3S. The second-order valence-corrected chi connectivity index (χ2v) is 9.79. The number of para-hydroxylation sites is 1. The molecule has 3 aromatic rings. The Kier molecular flexibility index (Phi) is 6.96. The summed E-state index contributed by atoms with van der Waals surface area (Å²) in [5.74, 6) is -0.207. The Morgan fingerprint density at radius 3 is 2.03 bits per heavy atom. The zero-order chi connectivity index (χ0) is 23.3. The van der Waals surface area contributed by atoms with E-state index in [0.29, 0.717) is 11.4 Å². The number of carbonyl (C=O) groups excluding carboxylic acids is 1. The Bertz CT molecular complexity index is 1170. The highest BCUT2D eigenvalue weighted by Gasteiger charge is 2.18. The van der Waals surface area contributed by atoms with Crippen molar-refractivity contribution in [3.63, 3.8) is 0 Å². The van der Waals surface area contributed by atoms with Crippen LogP contribution in [0, 0.1) is 0 Å². The molecule has 0 aromatic heterocycles. The lowest BCUT2D eigenvalue weighted by Gasteiger charge is -2.36. The highest BCUT2D eigenvalue weighted by Crippen LogP contribution is 2.20. The number of amides is 1. The molecule has 3 aromatic carbocycles. The fourth-order valence-electron chi connectivity index (χ4n) is 3.87. The molecule has 0 spiro atoms. The van der Waals surface area contributed by atoms with E-state index < -0.39 is 10.0 Å². The van der Waals surface area contributed by atoms with Crippen molar-refractivity contribution in [2.75, 3.05) is 41.1 Å². The number of piperazine rings is 1. The fraction of sp³-hybridized carbons (Fsp3) is 0.240. The molecule has 33 heavy (non-hydrogen) atoms. The van der Waals surface area contributed by atoms with Crippen molar-refractivity contribution < 1.29 is 13.2 Å². The molecule has 0 saturated carbocycles. The Morgan fingerprint density at radius 2 is 1.42 bits per heavy atom. The number of carbonyl (C=O) groups is 1. The molecule has 0 aliphatic carbocycles. The van der Waals surface area contributed by atoms with Gasteiger partial charge in [-0.1, -0.05) is 30.3 Å². The topological polar surface area (TPSA) is 81.7 Å². The van der Waals surface area contributed by atoms with Gasteiger partial charge in [0.2, 0.25) is 5.91 Å². The van der Waals surface area contributed by atoms with Gasteiger partial charge in [0.15, 0.2) is 0 Å². The standard InChI is InChI=1S/C25H28N4O3S/c1-20(30)26-22-11-13-25(14-12-22)33(31,32)27-23-9-7-21(8-10-23)19-28-15-17-29(18-16-28)24-5-3-2-4-6-24/h2-14,27H,15-19H2,1H3,(H,26,30). The Balaban J connectivity index is 1.31. The summed E-state index contributed by atoms with van der Waals surface area (Å²) in [5, 5.41) is 2.62. The molecule has 1 amide bonds. The molecule has 4 rings (SSSR count). The molecule has 1 aliphatic rings. The van der Waals surface area contributed by atoms with Crippen molar-refractivity contribution in [1.82, 2.24) is 4.90 Å². The minimum absolute atomic E-state index is 0.136. The molecular weight excluding hydrogens is 436 g/mol. The van der Waals surface area contributed by atoms with E-state index >= 15 is 0 Å². The van der Waals surface area contributed by atoms with Crippen molar-refractivity contribution >= 4 is 33.0 Å². The third-order valence-electron chi connectivity index (χ3n) is 5.59. The number of hydrogen-bond donors (Lipinski definition) is 2. The summed E-state index contributed by atoms with van der Waals surface area (Å²) in [4.78, 5) is 16.1. The summed E-state index contributed by atoms with van der Waals surface area (Å²) in [6, 6.07) is 24.0. The lowest BCUT2D eigenvalue weighted by atomic mass is 10.1. The van der Waals surface area contributed by atoms with Crippen LogP contribution in [0.5, 0.6) is 0 Å². The van der Waals surface area contributed by atoms with Crippen molar-refractivity contribution in [2.24, 2.45) is 0 Å². The van der Waals surface area contributed by atoms with Crippen LogP contribution in [0.2, 0.25) is 0 Å². The molecule has 1 aliphatic heterocycles. The summed E-state index contributed by atoms with van der Waals surface area (Å²) in [6.45, 7) is 6.18. The zero-order valence-corrected chi connectivity index (χ0v) is 19.4. The second kappa shape index (κ2) is 10.1. The first kappa shape index (κ1) is 22.8. The van der Waals surface area contributed by atoms with Crippen LogP contribution in [0.3, 0.4) is 0 Å². The molecule has 0 atom stereocenters. The number of nitrogens with one attached hydrogen (secondary N) is 2. The van der Waals surface area contributed by atoms with Crippen LogP contribution in [0.4, 0.5) is 17.1 Å². The molecule has 0 unspecified atom stereocenters. The third-order valence-corrected chi connectivity index (χ3v) is 6.99. The van der Waals surface area contributed by atoms with Gasteiger partial charge in [0.25, 0.3) is 10.0 Å². The number of nitrogens with zero attached hydrogens (tertiary/aromatic N) is 2. The molecule has 7 nitrogen and oxygen atoms in total. The summed E-state index contributed by atoms with van der Waals surface area (Å²) in [5.41, 5.74) is 3.47. The largest absolute Gasteiger partial charge is 0.369 e. The quantitative estimate of drug-likeness (QED) is 0.556. The van der Waals surface area contributed by atoms with E-state index in [4.69, 9.17) is 0 Å². The number of rotatable bonds is 7. The summed E-state index contributed by atoms with van der Waals surface area (Å²) in [7, 11) is -3.71. The van der Waals surface area contributed by atoms with E-state index in [1.165, 1.54) is 24.7 Å². The van der Waals surface area contributed by atoms with Gasteiger partial charge in [-0.15, -0.1) is 0 Å². The van der Waals surface area contributed by atoms with E-state index in [-0.39, 0.29) is 10.8 Å². The summed E-state index contributed by atoms with van der Waals surface area (Å²) in [6.07, 6.45) is 0. The maximum absolute atomic E-state index is 12.7. The number of anilines is 3. The van der Waals surface area contributed by atoms with Crippen LogP contribution in [-0.2, 0) is 21.4 Å². The molecule has 1 saturated heterocycles. The van der Waals surface area contributed by atoms with E-state index in [9.17, 15) is 13.2 Å². The number of hydrogen-bond acceptors (Lipinski definition) is 5. The molecule has 8 heteroatoms. The van der Waals surface area contributed by atoms with Gasteiger partial charge in [0.05, 0.1) is 4.90 Å². The van der Waals surface area contributed by atoms with Gasteiger partial charge in [0.1, 0.15) is 0 Å². The molecule has 1 heterocycles. The minimum Gasteiger partial charge on any atom is -0.369 e. The van der Waals surface area contributed by atoms with Gasteiger partial charge in [0, 0.05) is 56.7 Å². The Morgan fingerprint density at radius 1 is 0.818 bits per heavy atom. The van der Waals surface area contributed by atoms with Gasteiger partial charge < -0.3 is 10.2 Å². The lowest BCUT2D eigenvalue weighted by molar-refractivity contribution is -0.114. The smallest absolute Gasteiger partial charge is 0.261 e. The lowest BCUT2D eigenvalue weighted by Crippen LogP contribution is -2.45. The van der Waals surface area contributed by atoms with E-state index in [0.717, 1.165) is 38.3 Å². The third kappa shape index (κ3) is 6.12. The van der Waals surface area contributed by atoms with Gasteiger partial charge in [-0.3, -0.25) is 14.4 Å². The number of benzene rings is 3. The Labute approximate surface area is 195 Å². The van der Waals surface area contributed by atoms with Crippen LogP contribution in [0.25, 0.3) is 0 Å². The predicted octanol–water partition coefficient (Wildman–Crippen LogP) is 3.77. The number of sulfonamides is 1. The minimum atomic E-state index is -3.71. The molecule has 0 bridgehead atoms. The van der Waals surface area contributed by atoms with Gasteiger partial charge in [-0.2, -0.15) is 0 Å². The molecule has 1 fully saturated rings. The highest BCUT2D eigenvalue weighted by atomic mass is 32.2. The normalized spacial score (nSPS) is 14.6. The highest BCUT2D eigenvalue weighted by molar-refractivity contribution is 7.92. The van der Waals surface area contributed by atoms with Crippen LogP contribution < -0.4 is 14.9 Å². The maximum atomic E-state index is 12.7. The fourth-order valence-corrected chi connectivity index (χ4v) is 4.93. The first-order valence-electron chi connectivity index (χ1n) is 10.9. The summed E-state index contributed by atoms with van der Waals surface area (Å²) < 4.78 is 28.0. The predicted molar refractivity (Wildman–Crippen MR) is 132 cm³/mol. The summed E-state index contributed by atoms with van der Waals surface area (Å²) >= 11 is 0. The van der Waals surface area contributed by atoms with Gasteiger partial charge in [-0.25, -0.2) is 8.42 Å². The van der Waals surface area contributed by atoms with Crippen LogP contribution in [-0.4, -0.2) is 45.4 Å². The average Bonchev–Trinajstić information content (AvgIpc) is 2.81. The van der Waals surface area contributed by atoms with Crippen molar-refractivity contribution in [2.45, 2.75) is 18.4 Å². The van der Waals surface area contributed by atoms with Crippen LogP contribution in [0.15, 0.2) is 83.8 Å². The van der Waals surface area contributed by atoms with Gasteiger partial charge >= 0.3 is 0 Å². The van der Waals surface area contributed by atoms with Crippen molar-refractivity contribution in [3.05, 3.63) is 84.4 Å². The van der Waals surface area contributed by atoms with E-state index in [1.807, 2.05) is 18.2 Å². The monoisotopic (exact) mass is 464 g/mol. The SMILES string of the molecule is CC(=O)Nc1ccc(S(=O)(=O)Nc2ccc(CN3CCN(c4ccccc4)CC3)cc2)cc1. The maximum Gasteiger partial charge on any atom is 0.261 e. The molecule has 2 N–H and O–H groups in total. The first-order chi connectivity index (χ1) is 15.9. The average molecular weight is 465 g/mol. The zero-order valence-electron chi connectivity index (χ0n) is 18.6. The second-order valence-electron chi connectivity index (χ2n) is 8.11. The molecule has 172 valence electrons. The molecule has 0 radical (unpaired) electrons. The van der Waals surface area contributed by atoms with Crippen LogP contribution >= 0.6 is 0 Å². The van der Waals surface area contributed by atoms with E-state index in [1.54, 1.807) is 24.3 Å². The van der Waals surface area contributed by atoms with E-state index in [2.05, 4.69) is 44.1 Å².